The molecule has 260 valence electrons. The summed E-state index contributed by atoms with van der Waals surface area (Å²) in [5.41, 5.74) is -3.59. The Morgan fingerprint density at radius 3 is 1.51 bits per heavy atom. The smallest absolute Gasteiger partial charge is 0.427 e. The van der Waals surface area contributed by atoms with E-state index in [-0.39, 0.29) is 23.6 Å². The molecule has 0 unspecified atom stereocenters. The summed E-state index contributed by atoms with van der Waals surface area (Å²) < 4.78 is 27.7. The minimum atomic E-state index is -1.17. The Balaban J connectivity index is 2.95. The van der Waals surface area contributed by atoms with Crippen LogP contribution in [-0.2, 0) is 25.4 Å². The van der Waals surface area contributed by atoms with E-state index in [1.165, 1.54) is 19.4 Å². The molecule has 0 aliphatic carbocycles. The minimum Gasteiger partial charge on any atom is -0.507 e. The molecule has 0 radical (unpaired) electrons. The number of carbonyl (C=O) groups is 4. The fourth-order valence-electron chi connectivity index (χ4n) is 3.64. The van der Waals surface area contributed by atoms with Crippen molar-refractivity contribution < 1.29 is 48.0 Å². The highest BCUT2D eigenvalue weighted by atomic mass is 79.9. The molecule has 0 saturated carbocycles. The third-order valence-electron chi connectivity index (χ3n) is 5.24. The molecule has 2 rings (SSSR count). The molecule has 1 N–H and O–H groups in total. The maximum atomic E-state index is 13.7. The van der Waals surface area contributed by atoms with Crippen molar-refractivity contribution in [1.29, 1.82) is 0 Å². The monoisotopic (exact) mass is 724 g/mol. The van der Waals surface area contributed by atoms with Crippen molar-refractivity contribution in [3.05, 3.63) is 33.9 Å². The molecule has 14 nitrogen and oxygen atoms in total. The number of nitrogens with zero attached hydrogens (tertiary/aromatic N) is 4. The lowest BCUT2D eigenvalue weighted by Gasteiger charge is -2.30. The lowest BCUT2D eigenvalue weighted by atomic mass is 10.1. The predicted molar refractivity (Wildman–Crippen MR) is 177 cm³/mol. The standard InChI is InChI=1S/C32H45BrN4O10/c1-29(2,3)44-25(39)36(26(40)45-30(4,5)6)23-19(14-18-15-20(38)22(33)21(16-18)43-13)17-34-24(35-23)37(27(41)46-31(7,8)9)28(42)47-32(10,11)12/h15-17,38H,14H2,1-13H3. The quantitative estimate of drug-likeness (QED) is 0.297. The van der Waals surface area contributed by atoms with Crippen LogP contribution >= 0.6 is 15.9 Å². The van der Waals surface area contributed by atoms with Gasteiger partial charge in [0, 0.05) is 18.2 Å². The van der Waals surface area contributed by atoms with Crippen LogP contribution in [0.2, 0.25) is 0 Å². The summed E-state index contributed by atoms with van der Waals surface area (Å²) in [6, 6.07) is 3.05. The average Bonchev–Trinajstić information content (AvgIpc) is 2.83. The number of hydrogen-bond acceptors (Lipinski definition) is 12. The molecule has 0 spiro atoms. The number of amides is 4. The molecule has 0 atom stereocenters. The van der Waals surface area contributed by atoms with Gasteiger partial charge in [-0.2, -0.15) is 9.88 Å². The maximum absolute atomic E-state index is 13.7. The molecule has 0 bridgehead atoms. The number of aromatic nitrogens is 2. The lowest BCUT2D eigenvalue weighted by Crippen LogP contribution is -2.46. The van der Waals surface area contributed by atoms with E-state index in [4.69, 9.17) is 23.7 Å². The summed E-state index contributed by atoms with van der Waals surface area (Å²) >= 11 is 3.26. The Morgan fingerprint density at radius 2 is 1.13 bits per heavy atom. The lowest BCUT2D eigenvalue weighted by molar-refractivity contribution is 0.0410. The van der Waals surface area contributed by atoms with Crippen LogP contribution in [0, 0.1) is 0 Å². The van der Waals surface area contributed by atoms with E-state index in [0.717, 1.165) is 0 Å². The largest absolute Gasteiger partial charge is 0.507 e. The maximum Gasteiger partial charge on any atom is 0.427 e. The summed E-state index contributed by atoms with van der Waals surface area (Å²) in [5, 5.41) is 10.5. The minimum absolute atomic E-state index is 0.0756. The van der Waals surface area contributed by atoms with Gasteiger partial charge >= 0.3 is 24.4 Å². The Hall–Kier alpha value is -4.14. The van der Waals surface area contributed by atoms with Crippen LogP contribution in [0.25, 0.3) is 0 Å². The molecule has 1 aromatic carbocycles. The molecule has 47 heavy (non-hydrogen) atoms. The van der Waals surface area contributed by atoms with Crippen molar-refractivity contribution >= 4 is 52.1 Å². The summed E-state index contributed by atoms with van der Waals surface area (Å²) in [6.45, 7) is 19.2. The topological polar surface area (TPSA) is 167 Å². The molecule has 0 saturated heterocycles. The molecule has 2 aromatic rings. The Kier molecular flexibility index (Phi) is 11.9. The number of hydrogen-bond donors (Lipinski definition) is 1. The van der Waals surface area contributed by atoms with Crippen LogP contribution in [0.15, 0.2) is 22.8 Å². The van der Waals surface area contributed by atoms with Gasteiger partial charge in [-0.25, -0.2) is 24.2 Å². The first kappa shape index (κ1) is 39.0. The first-order valence-corrected chi connectivity index (χ1v) is 15.4. The van der Waals surface area contributed by atoms with Crippen LogP contribution in [0.1, 0.15) is 94.2 Å². The highest BCUT2D eigenvalue weighted by Crippen LogP contribution is 2.36. The van der Waals surface area contributed by atoms with Gasteiger partial charge in [0.25, 0.3) is 0 Å². The second kappa shape index (κ2) is 14.3. The summed E-state index contributed by atoms with van der Waals surface area (Å²) in [5.74, 6) is -0.788. The molecule has 4 amide bonds. The van der Waals surface area contributed by atoms with Crippen LogP contribution in [0.4, 0.5) is 30.9 Å². The summed E-state index contributed by atoms with van der Waals surface area (Å²) in [4.78, 5) is 63.9. The van der Waals surface area contributed by atoms with Crippen molar-refractivity contribution in [2.75, 3.05) is 16.9 Å². The number of methoxy groups -OCH3 is 1. The third-order valence-corrected chi connectivity index (χ3v) is 6.04. The van der Waals surface area contributed by atoms with Gasteiger partial charge in [0.05, 0.1) is 7.11 Å². The van der Waals surface area contributed by atoms with E-state index in [2.05, 4.69) is 25.9 Å². The molecule has 0 aliphatic rings. The number of rotatable bonds is 5. The number of aromatic hydroxyl groups is 1. The second-order valence-corrected chi connectivity index (χ2v) is 15.2. The number of ether oxygens (including phenoxy) is 5. The van der Waals surface area contributed by atoms with E-state index in [1.54, 1.807) is 89.2 Å². The highest BCUT2D eigenvalue weighted by molar-refractivity contribution is 9.10. The van der Waals surface area contributed by atoms with Crippen LogP contribution in [0.5, 0.6) is 11.5 Å². The van der Waals surface area contributed by atoms with E-state index in [0.29, 0.717) is 25.6 Å². The SMILES string of the molecule is COc1cc(Cc2cnc(N(C(=O)OC(C)(C)C)C(=O)OC(C)(C)C)nc2N(C(=O)OC(C)(C)C)C(=O)OC(C)(C)C)cc(O)c1Br. The number of phenols is 1. The average molecular weight is 726 g/mol. The van der Waals surface area contributed by atoms with Crippen LogP contribution in [0.3, 0.4) is 0 Å². The van der Waals surface area contributed by atoms with Gasteiger partial charge in [0.15, 0.2) is 5.82 Å². The van der Waals surface area contributed by atoms with E-state index in [1.807, 2.05) is 0 Å². The zero-order valence-electron chi connectivity index (χ0n) is 29.2. The zero-order valence-corrected chi connectivity index (χ0v) is 30.8. The molecule has 15 heteroatoms. The highest BCUT2D eigenvalue weighted by Gasteiger charge is 2.39. The van der Waals surface area contributed by atoms with E-state index < -0.39 is 52.7 Å². The van der Waals surface area contributed by atoms with Gasteiger partial charge < -0.3 is 28.8 Å². The van der Waals surface area contributed by atoms with Gasteiger partial charge in [-0.3, -0.25) is 0 Å². The Bertz CT molecular complexity index is 1450. The van der Waals surface area contributed by atoms with Crippen molar-refractivity contribution in [2.45, 2.75) is 112 Å². The predicted octanol–water partition coefficient (Wildman–Crippen LogP) is 7.90. The fourth-order valence-corrected chi connectivity index (χ4v) is 4.03. The number of imide groups is 2. The fraction of sp³-hybridized carbons (Fsp3) is 0.562. The van der Waals surface area contributed by atoms with Gasteiger partial charge in [0.1, 0.15) is 38.4 Å². The summed E-state index contributed by atoms with van der Waals surface area (Å²) in [6.07, 6.45) is -3.52. The van der Waals surface area contributed by atoms with Gasteiger partial charge in [-0.05, 0) is 117 Å². The molecular weight excluding hydrogens is 680 g/mol. The number of anilines is 2. The normalized spacial score (nSPS) is 12.1. The van der Waals surface area contributed by atoms with Crippen LogP contribution < -0.4 is 14.5 Å². The van der Waals surface area contributed by atoms with Crippen molar-refractivity contribution in [3.63, 3.8) is 0 Å². The number of halogens is 1. The van der Waals surface area contributed by atoms with Crippen molar-refractivity contribution in [1.82, 2.24) is 9.97 Å². The van der Waals surface area contributed by atoms with Crippen molar-refractivity contribution in [2.24, 2.45) is 0 Å². The molecular formula is C32H45BrN4O10. The third kappa shape index (κ3) is 11.9. The van der Waals surface area contributed by atoms with Gasteiger partial charge in [-0.15, -0.1) is 4.90 Å². The molecule has 0 fully saturated rings. The van der Waals surface area contributed by atoms with E-state index in [9.17, 15) is 24.3 Å². The Labute approximate surface area is 283 Å². The first-order valence-electron chi connectivity index (χ1n) is 14.6. The first-order chi connectivity index (χ1) is 21.2. The Morgan fingerprint density at radius 1 is 0.723 bits per heavy atom. The number of benzene rings is 1. The number of carbonyl (C=O) groups excluding carboxylic acids is 4. The van der Waals surface area contributed by atoms with Crippen LogP contribution in [-0.4, -0.2) is 69.0 Å². The summed E-state index contributed by atoms with van der Waals surface area (Å²) in [7, 11) is 1.42. The van der Waals surface area contributed by atoms with Gasteiger partial charge in [0.2, 0.25) is 5.95 Å². The zero-order chi connectivity index (χ0) is 36.3. The van der Waals surface area contributed by atoms with E-state index >= 15 is 0 Å². The molecule has 0 aliphatic heterocycles. The van der Waals surface area contributed by atoms with Crippen molar-refractivity contribution in [3.8, 4) is 11.5 Å². The second-order valence-electron chi connectivity index (χ2n) is 14.4. The van der Waals surface area contributed by atoms with Gasteiger partial charge in [-0.1, -0.05) is 0 Å². The molecule has 1 aromatic heterocycles. The molecule has 1 heterocycles. The number of phenolic OH excluding ortho intramolecular Hbond substituents is 1.